The van der Waals surface area contributed by atoms with Crippen LogP contribution in [0.1, 0.15) is 35.2 Å². The molecule has 1 amide bonds. The van der Waals surface area contributed by atoms with Gasteiger partial charge in [-0.15, -0.1) is 11.8 Å². The van der Waals surface area contributed by atoms with E-state index < -0.39 is 0 Å². The molecular weight excluding hydrogens is 230 g/mol. The molecular formula is C14H19NOS. The van der Waals surface area contributed by atoms with E-state index >= 15 is 0 Å². The number of thioether (sulfide) groups is 1. The summed E-state index contributed by atoms with van der Waals surface area (Å²) in [6, 6.07) is 6.14. The molecule has 92 valence electrons. The molecule has 1 fully saturated rings. The van der Waals surface area contributed by atoms with Gasteiger partial charge in [0.25, 0.3) is 5.91 Å². The molecule has 0 N–H and O–H groups in total. The van der Waals surface area contributed by atoms with Crippen molar-refractivity contribution in [3.8, 4) is 0 Å². The van der Waals surface area contributed by atoms with Crippen molar-refractivity contribution in [1.82, 2.24) is 4.90 Å². The largest absolute Gasteiger partial charge is 0.339 e. The van der Waals surface area contributed by atoms with Crippen molar-refractivity contribution in [2.45, 2.75) is 31.1 Å². The minimum absolute atomic E-state index is 0.206. The summed E-state index contributed by atoms with van der Waals surface area (Å²) in [5.41, 5.74) is 2.03. The first-order valence-corrected chi connectivity index (χ1v) is 7.39. The molecule has 0 aromatic heterocycles. The zero-order valence-electron chi connectivity index (χ0n) is 10.5. The highest BCUT2D eigenvalue weighted by molar-refractivity contribution is 7.98. The average molecular weight is 249 g/mol. The molecule has 2 rings (SSSR count). The molecule has 1 aliphatic heterocycles. The Balaban J connectivity index is 2.25. The maximum absolute atomic E-state index is 12.4. The van der Waals surface area contributed by atoms with Gasteiger partial charge in [-0.1, -0.05) is 11.6 Å². The number of hydrogen-bond acceptors (Lipinski definition) is 2. The van der Waals surface area contributed by atoms with Gasteiger partial charge in [0.2, 0.25) is 0 Å². The van der Waals surface area contributed by atoms with Crippen LogP contribution in [0.4, 0.5) is 0 Å². The van der Waals surface area contributed by atoms with Crippen LogP contribution in [0, 0.1) is 6.92 Å². The highest BCUT2D eigenvalue weighted by Gasteiger charge is 2.20. The smallest absolute Gasteiger partial charge is 0.254 e. The second kappa shape index (κ2) is 5.58. The molecule has 3 heteroatoms. The maximum Gasteiger partial charge on any atom is 0.254 e. The lowest BCUT2D eigenvalue weighted by Crippen LogP contribution is -2.35. The SMILES string of the molecule is CSc1ccc(C)cc1C(=O)N1CCCCC1. The fourth-order valence-electron chi connectivity index (χ4n) is 2.26. The molecule has 2 nitrogen and oxygen atoms in total. The molecule has 0 bridgehead atoms. The summed E-state index contributed by atoms with van der Waals surface area (Å²) in [5, 5.41) is 0. The van der Waals surface area contributed by atoms with Crippen LogP contribution in [-0.2, 0) is 0 Å². The van der Waals surface area contributed by atoms with E-state index in [9.17, 15) is 4.79 Å². The van der Waals surface area contributed by atoms with Gasteiger partial charge >= 0.3 is 0 Å². The van der Waals surface area contributed by atoms with Crippen LogP contribution in [0.2, 0.25) is 0 Å². The van der Waals surface area contributed by atoms with E-state index in [1.54, 1.807) is 11.8 Å². The van der Waals surface area contributed by atoms with Gasteiger partial charge < -0.3 is 4.90 Å². The van der Waals surface area contributed by atoms with Crippen LogP contribution in [0.5, 0.6) is 0 Å². The summed E-state index contributed by atoms with van der Waals surface area (Å²) in [7, 11) is 0. The minimum Gasteiger partial charge on any atom is -0.339 e. The van der Waals surface area contributed by atoms with Gasteiger partial charge in [0.05, 0.1) is 5.56 Å². The summed E-state index contributed by atoms with van der Waals surface area (Å²) in [4.78, 5) is 15.5. The molecule has 0 radical (unpaired) electrons. The number of benzene rings is 1. The van der Waals surface area contributed by atoms with Crippen LogP contribution in [0.15, 0.2) is 23.1 Å². The number of carbonyl (C=O) groups excluding carboxylic acids is 1. The molecule has 1 aromatic carbocycles. The van der Waals surface area contributed by atoms with Crippen molar-refractivity contribution in [3.05, 3.63) is 29.3 Å². The van der Waals surface area contributed by atoms with Crippen molar-refractivity contribution < 1.29 is 4.79 Å². The second-order valence-electron chi connectivity index (χ2n) is 4.56. The normalized spacial score (nSPS) is 16.0. The van der Waals surface area contributed by atoms with Crippen LogP contribution < -0.4 is 0 Å². The molecule has 1 aromatic rings. The van der Waals surface area contributed by atoms with Crippen LogP contribution >= 0.6 is 11.8 Å². The Bertz CT molecular complexity index is 411. The number of nitrogens with zero attached hydrogens (tertiary/aromatic N) is 1. The van der Waals surface area contributed by atoms with Gasteiger partial charge in [-0.05, 0) is 44.6 Å². The third-order valence-corrected chi connectivity index (χ3v) is 4.02. The van der Waals surface area contributed by atoms with Gasteiger partial charge in [-0.3, -0.25) is 4.79 Å². The molecule has 1 aliphatic rings. The Labute approximate surface area is 107 Å². The quantitative estimate of drug-likeness (QED) is 0.749. The third kappa shape index (κ3) is 2.83. The molecule has 0 aliphatic carbocycles. The second-order valence-corrected chi connectivity index (χ2v) is 5.40. The zero-order chi connectivity index (χ0) is 12.3. The Kier molecular flexibility index (Phi) is 4.11. The van der Waals surface area contributed by atoms with Crippen molar-refractivity contribution >= 4 is 17.7 Å². The summed E-state index contributed by atoms with van der Waals surface area (Å²) >= 11 is 1.65. The summed E-state index contributed by atoms with van der Waals surface area (Å²) in [6.45, 7) is 3.87. The van der Waals surface area contributed by atoms with E-state index in [0.717, 1.165) is 42.0 Å². The van der Waals surface area contributed by atoms with Crippen LogP contribution in [0.3, 0.4) is 0 Å². The Morgan fingerprint density at radius 1 is 1.24 bits per heavy atom. The van der Waals surface area contributed by atoms with Crippen molar-refractivity contribution in [2.24, 2.45) is 0 Å². The average Bonchev–Trinajstić information content (AvgIpc) is 2.39. The first kappa shape index (κ1) is 12.5. The highest BCUT2D eigenvalue weighted by Crippen LogP contribution is 2.24. The van der Waals surface area contributed by atoms with Gasteiger partial charge in [-0.25, -0.2) is 0 Å². The van der Waals surface area contributed by atoms with E-state index in [1.807, 2.05) is 24.1 Å². The fraction of sp³-hybridized carbons (Fsp3) is 0.500. The number of amides is 1. The first-order valence-electron chi connectivity index (χ1n) is 6.16. The van der Waals surface area contributed by atoms with E-state index in [2.05, 4.69) is 12.1 Å². The predicted molar refractivity (Wildman–Crippen MR) is 72.7 cm³/mol. The summed E-state index contributed by atoms with van der Waals surface area (Å²) in [6.07, 6.45) is 5.57. The lowest BCUT2D eigenvalue weighted by Gasteiger charge is -2.27. The summed E-state index contributed by atoms with van der Waals surface area (Å²) in [5.74, 6) is 0.206. The Morgan fingerprint density at radius 3 is 2.59 bits per heavy atom. The topological polar surface area (TPSA) is 20.3 Å². The predicted octanol–water partition coefficient (Wildman–Crippen LogP) is 3.34. The van der Waals surface area contributed by atoms with E-state index in [1.165, 1.54) is 6.42 Å². The highest BCUT2D eigenvalue weighted by atomic mass is 32.2. The van der Waals surface area contributed by atoms with Gasteiger partial charge in [0.15, 0.2) is 0 Å². The number of rotatable bonds is 2. The van der Waals surface area contributed by atoms with Crippen LogP contribution in [-0.4, -0.2) is 30.2 Å². The van der Waals surface area contributed by atoms with Crippen molar-refractivity contribution in [2.75, 3.05) is 19.3 Å². The molecule has 0 unspecified atom stereocenters. The van der Waals surface area contributed by atoms with Gasteiger partial charge in [0, 0.05) is 18.0 Å². The molecule has 17 heavy (non-hydrogen) atoms. The zero-order valence-corrected chi connectivity index (χ0v) is 11.3. The van der Waals surface area contributed by atoms with Gasteiger partial charge in [-0.2, -0.15) is 0 Å². The number of likely N-dealkylation sites (tertiary alicyclic amines) is 1. The Hall–Kier alpha value is -0.960. The Morgan fingerprint density at radius 2 is 1.94 bits per heavy atom. The van der Waals surface area contributed by atoms with E-state index in [0.29, 0.717) is 0 Å². The van der Waals surface area contributed by atoms with Crippen molar-refractivity contribution in [1.29, 1.82) is 0 Å². The molecule has 1 heterocycles. The van der Waals surface area contributed by atoms with Crippen LogP contribution in [0.25, 0.3) is 0 Å². The van der Waals surface area contributed by atoms with E-state index in [4.69, 9.17) is 0 Å². The number of piperidine rings is 1. The number of carbonyl (C=O) groups is 1. The first-order chi connectivity index (χ1) is 8.22. The van der Waals surface area contributed by atoms with E-state index in [-0.39, 0.29) is 5.91 Å². The fourth-order valence-corrected chi connectivity index (χ4v) is 2.83. The van der Waals surface area contributed by atoms with Gasteiger partial charge in [0.1, 0.15) is 0 Å². The lowest BCUT2D eigenvalue weighted by atomic mass is 10.1. The third-order valence-electron chi connectivity index (χ3n) is 3.23. The number of hydrogen-bond donors (Lipinski definition) is 0. The lowest BCUT2D eigenvalue weighted by molar-refractivity contribution is 0.0720. The van der Waals surface area contributed by atoms with Crippen molar-refractivity contribution in [3.63, 3.8) is 0 Å². The number of aryl methyl sites for hydroxylation is 1. The monoisotopic (exact) mass is 249 g/mol. The molecule has 0 spiro atoms. The minimum atomic E-state index is 0.206. The molecule has 1 saturated heterocycles. The molecule has 0 atom stereocenters. The molecule has 0 saturated carbocycles. The standard InChI is InChI=1S/C14H19NOS/c1-11-6-7-13(17-2)12(10-11)14(16)15-8-4-3-5-9-15/h6-7,10H,3-5,8-9H2,1-2H3. The summed E-state index contributed by atoms with van der Waals surface area (Å²) < 4.78 is 0. The maximum atomic E-state index is 12.4.